The van der Waals surface area contributed by atoms with Crippen molar-refractivity contribution >= 4 is 0 Å². The molecular formula is C19H18N2O. The smallest absolute Gasteiger partial charge is 0.127 e. The molecule has 0 amide bonds. The van der Waals surface area contributed by atoms with Crippen LogP contribution in [0.1, 0.15) is 11.3 Å². The van der Waals surface area contributed by atoms with Crippen molar-refractivity contribution in [2.75, 3.05) is 0 Å². The third-order valence-corrected chi connectivity index (χ3v) is 3.24. The summed E-state index contributed by atoms with van der Waals surface area (Å²) in [7, 11) is 0. The zero-order valence-electron chi connectivity index (χ0n) is 12.3. The van der Waals surface area contributed by atoms with Gasteiger partial charge in [-0.2, -0.15) is 0 Å². The summed E-state index contributed by atoms with van der Waals surface area (Å²) in [6, 6.07) is 23.9. The van der Waals surface area contributed by atoms with Gasteiger partial charge in [0.2, 0.25) is 0 Å². The average Bonchev–Trinajstić information content (AvgIpc) is 2.57. The molecular weight excluding hydrogens is 272 g/mol. The van der Waals surface area contributed by atoms with Crippen molar-refractivity contribution in [2.24, 2.45) is 0 Å². The Hall–Kier alpha value is -2.65. The molecule has 0 bridgehead atoms. The Labute approximate surface area is 130 Å². The predicted octanol–water partition coefficient (Wildman–Crippen LogP) is 4.16. The Morgan fingerprint density at radius 2 is 1.59 bits per heavy atom. The van der Waals surface area contributed by atoms with Crippen LogP contribution in [-0.2, 0) is 13.1 Å². The molecule has 0 unspecified atom stereocenters. The highest BCUT2D eigenvalue weighted by Gasteiger charge is 1.99. The fourth-order valence-electron chi connectivity index (χ4n) is 2.18. The summed E-state index contributed by atoms with van der Waals surface area (Å²) in [5.41, 5.74) is 2.23. The van der Waals surface area contributed by atoms with Crippen molar-refractivity contribution in [3.8, 4) is 11.5 Å². The van der Waals surface area contributed by atoms with Gasteiger partial charge in [-0.05, 0) is 42.0 Å². The molecule has 110 valence electrons. The molecule has 1 N–H and O–H groups in total. The quantitative estimate of drug-likeness (QED) is 0.740. The third-order valence-electron chi connectivity index (χ3n) is 3.24. The minimum atomic E-state index is 0.755. The second-order valence-corrected chi connectivity index (χ2v) is 4.99. The van der Waals surface area contributed by atoms with E-state index < -0.39 is 0 Å². The molecule has 3 rings (SSSR count). The summed E-state index contributed by atoms with van der Waals surface area (Å²) in [6.07, 6.45) is 1.81. The summed E-state index contributed by atoms with van der Waals surface area (Å²) < 4.78 is 5.84. The molecule has 0 radical (unpaired) electrons. The van der Waals surface area contributed by atoms with Crippen LogP contribution in [0.3, 0.4) is 0 Å². The van der Waals surface area contributed by atoms with Gasteiger partial charge in [0.1, 0.15) is 11.5 Å². The molecule has 3 nitrogen and oxygen atoms in total. The Bertz CT molecular complexity index is 699. The van der Waals surface area contributed by atoms with Crippen LogP contribution in [-0.4, -0.2) is 4.98 Å². The number of pyridine rings is 1. The lowest BCUT2D eigenvalue weighted by atomic mass is 10.2. The number of para-hydroxylation sites is 1. The molecule has 0 atom stereocenters. The molecule has 0 saturated heterocycles. The van der Waals surface area contributed by atoms with Gasteiger partial charge in [-0.1, -0.05) is 36.4 Å². The zero-order chi connectivity index (χ0) is 15.0. The van der Waals surface area contributed by atoms with Crippen molar-refractivity contribution in [3.05, 3.63) is 90.3 Å². The van der Waals surface area contributed by atoms with Gasteiger partial charge in [-0.25, -0.2) is 0 Å². The van der Waals surface area contributed by atoms with E-state index in [2.05, 4.69) is 22.4 Å². The van der Waals surface area contributed by atoms with E-state index in [1.807, 2.05) is 66.9 Å². The van der Waals surface area contributed by atoms with Gasteiger partial charge in [0, 0.05) is 19.3 Å². The Morgan fingerprint density at radius 1 is 0.773 bits per heavy atom. The molecule has 0 fully saturated rings. The monoisotopic (exact) mass is 290 g/mol. The Morgan fingerprint density at radius 3 is 2.41 bits per heavy atom. The van der Waals surface area contributed by atoms with E-state index >= 15 is 0 Å². The number of benzene rings is 2. The van der Waals surface area contributed by atoms with Crippen molar-refractivity contribution in [2.45, 2.75) is 13.1 Å². The summed E-state index contributed by atoms with van der Waals surface area (Å²) in [4.78, 5) is 4.30. The standard InChI is InChI=1S/C19H18N2O/c1-2-9-18(10-3-1)22-19-11-6-7-16(13-19)14-20-15-17-8-4-5-12-21-17/h1-13,20H,14-15H2. The van der Waals surface area contributed by atoms with E-state index in [-0.39, 0.29) is 0 Å². The minimum absolute atomic E-state index is 0.755. The summed E-state index contributed by atoms with van der Waals surface area (Å²) in [5.74, 6) is 1.70. The number of nitrogens with one attached hydrogen (secondary N) is 1. The maximum Gasteiger partial charge on any atom is 0.127 e. The molecule has 2 aromatic carbocycles. The van der Waals surface area contributed by atoms with E-state index in [1.54, 1.807) is 0 Å². The topological polar surface area (TPSA) is 34.1 Å². The van der Waals surface area contributed by atoms with E-state index in [4.69, 9.17) is 4.74 Å². The first-order valence-corrected chi connectivity index (χ1v) is 7.32. The summed E-state index contributed by atoms with van der Waals surface area (Å²) in [5, 5.41) is 3.39. The van der Waals surface area contributed by atoms with Crippen LogP contribution < -0.4 is 10.1 Å². The maximum absolute atomic E-state index is 5.84. The van der Waals surface area contributed by atoms with Gasteiger partial charge in [-0.3, -0.25) is 4.98 Å². The molecule has 22 heavy (non-hydrogen) atoms. The van der Waals surface area contributed by atoms with Gasteiger partial charge in [-0.15, -0.1) is 0 Å². The largest absolute Gasteiger partial charge is 0.457 e. The van der Waals surface area contributed by atoms with Crippen LogP contribution in [0.25, 0.3) is 0 Å². The van der Waals surface area contributed by atoms with Crippen LogP contribution in [0.2, 0.25) is 0 Å². The zero-order valence-corrected chi connectivity index (χ0v) is 12.3. The number of nitrogens with zero attached hydrogens (tertiary/aromatic N) is 1. The van der Waals surface area contributed by atoms with Crippen LogP contribution in [0, 0.1) is 0 Å². The van der Waals surface area contributed by atoms with Crippen molar-refractivity contribution in [1.82, 2.24) is 10.3 Å². The Kier molecular flexibility index (Phi) is 4.80. The fourth-order valence-corrected chi connectivity index (χ4v) is 2.18. The lowest BCUT2D eigenvalue weighted by Gasteiger charge is -2.08. The minimum Gasteiger partial charge on any atom is -0.457 e. The van der Waals surface area contributed by atoms with Gasteiger partial charge in [0.25, 0.3) is 0 Å². The fraction of sp³-hybridized carbons (Fsp3) is 0.105. The van der Waals surface area contributed by atoms with E-state index in [9.17, 15) is 0 Å². The second kappa shape index (κ2) is 7.38. The van der Waals surface area contributed by atoms with Gasteiger partial charge >= 0.3 is 0 Å². The van der Waals surface area contributed by atoms with E-state index in [1.165, 1.54) is 5.56 Å². The van der Waals surface area contributed by atoms with Crippen LogP contribution in [0.5, 0.6) is 11.5 Å². The Balaban J connectivity index is 1.57. The van der Waals surface area contributed by atoms with Gasteiger partial charge < -0.3 is 10.1 Å². The molecule has 0 aliphatic carbocycles. The SMILES string of the molecule is c1ccc(Oc2cccc(CNCc3ccccn3)c2)cc1. The number of hydrogen-bond acceptors (Lipinski definition) is 3. The summed E-state index contributed by atoms with van der Waals surface area (Å²) >= 11 is 0. The molecule has 0 aliphatic rings. The average molecular weight is 290 g/mol. The maximum atomic E-state index is 5.84. The second-order valence-electron chi connectivity index (χ2n) is 4.99. The normalized spacial score (nSPS) is 10.4. The van der Waals surface area contributed by atoms with Gasteiger partial charge in [0.15, 0.2) is 0 Å². The van der Waals surface area contributed by atoms with Crippen molar-refractivity contribution < 1.29 is 4.74 Å². The predicted molar refractivity (Wildman–Crippen MR) is 87.7 cm³/mol. The molecule has 3 heteroatoms. The highest BCUT2D eigenvalue weighted by molar-refractivity contribution is 5.33. The van der Waals surface area contributed by atoms with E-state index in [0.29, 0.717) is 0 Å². The third kappa shape index (κ3) is 4.17. The highest BCUT2D eigenvalue weighted by Crippen LogP contribution is 2.21. The van der Waals surface area contributed by atoms with Gasteiger partial charge in [0.05, 0.1) is 5.69 Å². The van der Waals surface area contributed by atoms with Crippen LogP contribution in [0.4, 0.5) is 0 Å². The number of aromatic nitrogens is 1. The van der Waals surface area contributed by atoms with Crippen LogP contribution in [0.15, 0.2) is 79.0 Å². The van der Waals surface area contributed by atoms with Crippen molar-refractivity contribution in [3.63, 3.8) is 0 Å². The lowest BCUT2D eigenvalue weighted by molar-refractivity contribution is 0.481. The first kappa shape index (κ1) is 14.3. The molecule has 1 aromatic heterocycles. The first-order chi connectivity index (χ1) is 10.9. The number of ether oxygens (including phenoxy) is 1. The molecule has 0 spiro atoms. The molecule has 0 saturated carbocycles. The van der Waals surface area contributed by atoms with Crippen molar-refractivity contribution in [1.29, 1.82) is 0 Å². The first-order valence-electron chi connectivity index (χ1n) is 7.32. The van der Waals surface area contributed by atoms with E-state index in [0.717, 1.165) is 30.3 Å². The molecule has 3 aromatic rings. The molecule has 0 aliphatic heterocycles. The highest BCUT2D eigenvalue weighted by atomic mass is 16.5. The lowest BCUT2D eigenvalue weighted by Crippen LogP contribution is -2.13. The number of rotatable bonds is 6. The van der Waals surface area contributed by atoms with Crippen LogP contribution >= 0.6 is 0 Å². The number of hydrogen-bond donors (Lipinski definition) is 1. The summed E-state index contributed by atoms with van der Waals surface area (Å²) in [6.45, 7) is 1.53. The molecule has 1 heterocycles.